The zero-order valence-corrected chi connectivity index (χ0v) is 23.6. The minimum atomic E-state index is -1.13. The van der Waals surface area contributed by atoms with Gasteiger partial charge in [0.05, 0.1) is 31.2 Å². The minimum absolute atomic E-state index is 0.0880. The van der Waals surface area contributed by atoms with E-state index < -0.39 is 29.6 Å². The predicted octanol–water partition coefficient (Wildman–Crippen LogP) is 2.50. The van der Waals surface area contributed by atoms with Crippen LogP contribution in [0.2, 0.25) is 0 Å². The van der Waals surface area contributed by atoms with Gasteiger partial charge in [-0.3, -0.25) is 19.3 Å². The Balaban J connectivity index is 1.25. The normalized spacial score (nSPS) is 35.1. The third kappa shape index (κ3) is 4.97. The second-order valence-electron chi connectivity index (χ2n) is 12.3. The number of morpholine rings is 1. The maximum absolute atomic E-state index is 14.2. The van der Waals surface area contributed by atoms with E-state index in [1.54, 1.807) is 4.90 Å². The van der Waals surface area contributed by atoms with Crippen molar-refractivity contribution in [3.05, 3.63) is 42.0 Å². The van der Waals surface area contributed by atoms with E-state index in [4.69, 9.17) is 9.47 Å². The number of benzene rings is 1. The molecule has 1 spiro atoms. The van der Waals surface area contributed by atoms with E-state index in [1.165, 1.54) is 6.42 Å². The number of nitrogens with one attached hydrogen (secondary N) is 2. The number of aryl methyl sites for hydroxylation is 1. The number of hydrogen-bond acceptors (Lipinski definition) is 6. The van der Waals surface area contributed by atoms with Crippen LogP contribution in [0.3, 0.4) is 0 Å². The van der Waals surface area contributed by atoms with Gasteiger partial charge < -0.3 is 25.0 Å². The zero-order valence-electron chi connectivity index (χ0n) is 23.6. The number of fused-ring (bicyclic) bond motifs is 1. The first kappa shape index (κ1) is 27.4. The SMILES string of the molecule is Cc1cccc(NC(=O)C2[C@@H]3C=CC4(O3)C(C(=O)NC3CCCCC3C)N(CCCN3CCOCC3)C(=O)[C@H]24)c1. The van der Waals surface area contributed by atoms with Gasteiger partial charge in [0.15, 0.2) is 0 Å². The Morgan fingerprint density at radius 1 is 1.10 bits per heavy atom. The van der Waals surface area contributed by atoms with E-state index in [0.717, 1.165) is 64.1 Å². The van der Waals surface area contributed by atoms with Crippen LogP contribution in [0.15, 0.2) is 36.4 Å². The smallest absolute Gasteiger partial charge is 0.246 e. The largest absolute Gasteiger partial charge is 0.379 e. The molecule has 9 heteroatoms. The summed E-state index contributed by atoms with van der Waals surface area (Å²) < 4.78 is 12.0. The topological polar surface area (TPSA) is 100 Å². The molecule has 2 N–H and O–H groups in total. The van der Waals surface area contributed by atoms with Gasteiger partial charge in [-0.2, -0.15) is 0 Å². The molecule has 7 atom stereocenters. The summed E-state index contributed by atoms with van der Waals surface area (Å²) in [5, 5.41) is 6.32. The molecule has 9 nitrogen and oxygen atoms in total. The molecule has 40 heavy (non-hydrogen) atoms. The van der Waals surface area contributed by atoms with E-state index >= 15 is 0 Å². The average Bonchev–Trinajstić information content (AvgIpc) is 3.58. The van der Waals surface area contributed by atoms with Crippen molar-refractivity contribution in [3.8, 4) is 0 Å². The Hall–Kier alpha value is -2.75. The molecular weight excluding hydrogens is 508 g/mol. The predicted molar refractivity (Wildman–Crippen MR) is 150 cm³/mol. The van der Waals surface area contributed by atoms with Gasteiger partial charge >= 0.3 is 0 Å². The molecule has 4 fully saturated rings. The highest BCUT2D eigenvalue weighted by Crippen LogP contribution is 2.55. The van der Waals surface area contributed by atoms with Crippen LogP contribution in [0, 0.1) is 24.7 Å². The molecule has 3 amide bonds. The standard InChI is InChI=1S/C31H42N4O5/c1-20-7-5-9-22(19-20)32-28(36)25-24-11-12-31(40-24)26(25)30(38)35(14-6-13-34-15-17-39-18-16-34)27(31)29(37)33-23-10-4-3-8-21(23)2/h5,7,9,11-12,19,21,23-27H,3-4,6,8,10,13-18H2,1-2H3,(H,32,36)(H,33,37)/t21?,23?,24-,25?,26-,27?,31?/m0/s1. The molecule has 4 heterocycles. The molecule has 6 rings (SSSR count). The molecule has 216 valence electrons. The van der Waals surface area contributed by atoms with Crippen molar-refractivity contribution >= 4 is 23.4 Å². The minimum Gasteiger partial charge on any atom is -0.379 e. The van der Waals surface area contributed by atoms with Crippen LogP contribution in [0.1, 0.15) is 44.6 Å². The molecule has 1 saturated carbocycles. The van der Waals surface area contributed by atoms with Crippen LogP contribution >= 0.6 is 0 Å². The van der Waals surface area contributed by atoms with Gasteiger partial charge in [-0.15, -0.1) is 0 Å². The lowest BCUT2D eigenvalue weighted by Crippen LogP contribution is -2.57. The summed E-state index contributed by atoms with van der Waals surface area (Å²) in [4.78, 5) is 45.9. The van der Waals surface area contributed by atoms with E-state index in [1.807, 2.05) is 43.3 Å². The number of carbonyl (C=O) groups excluding carboxylic acids is 3. The number of ether oxygens (including phenoxy) is 2. The Kier molecular flexibility index (Phi) is 7.72. The number of likely N-dealkylation sites (tertiary alicyclic amines) is 1. The third-order valence-electron chi connectivity index (χ3n) is 9.63. The fourth-order valence-electron chi connectivity index (χ4n) is 7.54. The van der Waals surface area contributed by atoms with E-state index in [2.05, 4.69) is 22.5 Å². The van der Waals surface area contributed by atoms with Crippen molar-refractivity contribution in [1.29, 1.82) is 0 Å². The number of carbonyl (C=O) groups is 3. The molecule has 4 aliphatic heterocycles. The van der Waals surface area contributed by atoms with Gasteiger partial charge in [-0.05, 0) is 49.8 Å². The summed E-state index contributed by atoms with van der Waals surface area (Å²) in [7, 11) is 0. The summed E-state index contributed by atoms with van der Waals surface area (Å²) in [6.07, 6.45) is 8.30. The van der Waals surface area contributed by atoms with Crippen molar-refractivity contribution in [2.45, 2.75) is 69.7 Å². The first-order valence-electron chi connectivity index (χ1n) is 15.0. The molecule has 2 bridgehead atoms. The molecule has 1 aromatic carbocycles. The number of nitrogens with zero attached hydrogens (tertiary/aromatic N) is 2. The number of amides is 3. The van der Waals surface area contributed by atoms with Gasteiger partial charge in [0.25, 0.3) is 0 Å². The molecule has 1 aromatic rings. The Morgan fingerprint density at radius 3 is 2.67 bits per heavy atom. The highest BCUT2D eigenvalue weighted by atomic mass is 16.5. The van der Waals surface area contributed by atoms with Crippen molar-refractivity contribution in [2.75, 3.05) is 44.7 Å². The highest BCUT2D eigenvalue weighted by Gasteiger charge is 2.72. The quantitative estimate of drug-likeness (QED) is 0.483. The maximum Gasteiger partial charge on any atom is 0.246 e. The lowest BCUT2D eigenvalue weighted by molar-refractivity contribution is -0.141. The number of rotatable bonds is 8. The summed E-state index contributed by atoms with van der Waals surface area (Å²) in [6.45, 7) is 8.62. The van der Waals surface area contributed by atoms with Gasteiger partial charge in [0, 0.05) is 37.9 Å². The lowest BCUT2D eigenvalue weighted by Gasteiger charge is -2.36. The number of anilines is 1. The molecule has 1 aliphatic carbocycles. The second kappa shape index (κ2) is 11.3. The molecular formula is C31H42N4O5. The van der Waals surface area contributed by atoms with E-state index in [9.17, 15) is 14.4 Å². The Morgan fingerprint density at radius 2 is 1.90 bits per heavy atom. The summed E-state index contributed by atoms with van der Waals surface area (Å²) in [5.74, 6) is -1.58. The van der Waals surface area contributed by atoms with Crippen LogP contribution in [0.4, 0.5) is 5.69 Å². The van der Waals surface area contributed by atoms with E-state index in [-0.39, 0.29) is 23.8 Å². The van der Waals surface area contributed by atoms with Gasteiger partial charge in [-0.1, -0.05) is 44.1 Å². The van der Waals surface area contributed by atoms with E-state index in [0.29, 0.717) is 18.2 Å². The third-order valence-corrected chi connectivity index (χ3v) is 9.63. The first-order valence-corrected chi connectivity index (χ1v) is 15.0. The second-order valence-corrected chi connectivity index (χ2v) is 12.3. The van der Waals surface area contributed by atoms with Crippen LogP contribution < -0.4 is 10.6 Å². The Labute approximate surface area is 236 Å². The van der Waals surface area contributed by atoms with Crippen molar-refractivity contribution in [1.82, 2.24) is 15.1 Å². The van der Waals surface area contributed by atoms with Crippen molar-refractivity contribution in [3.63, 3.8) is 0 Å². The summed E-state index contributed by atoms with van der Waals surface area (Å²) >= 11 is 0. The first-order chi connectivity index (χ1) is 19.4. The Bertz CT molecular complexity index is 1170. The van der Waals surface area contributed by atoms with Crippen molar-refractivity contribution in [2.24, 2.45) is 17.8 Å². The van der Waals surface area contributed by atoms with Crippen LogP contribution in [0.25, 0.3) is 0 Å². The fourth-order valence-corrected chi connectivity index (χ4v) is 7.54. The molecule has 5 unspecified atom stereocenters. The fraction of sp³-hybridized carbons (Fsp3) is 0.645. The zero-order chi connectivity index (χ0) is 27.9. The number of hydrogen-bond donors (Lipinski definition) is 2. The molecule has 3 saturated heterocycles. The highest BCUT2D eigenvalue weighted by molar-refractivity contribution is 6.02. The van der Waals surface area contributed by atoms with Crippen LogP contribution in [0.5, 0.6) is 0 Å². The lowest BCUT2D eigenvalue weighted by atomic mass is 9.74. The average molecular weight is 551 g/mol. The monoisotopic (exact) mass is 550 g/mol. The summed E-state index contributed by atoms with van der Waals surface area (Å²) in [5.41, 5.74) is 0.603. The van der Waals surface area contributed by atoms with Crippen LogP contribution in [-0.2, 0) is 23.9 Å². The van der Waals surface area contributed by atoms with Gasteiger partial charge in [0.1, 0.15) is 11.6 Å². The molecule has 0 aromatic heterocycles. The summed E-state index contributed by atoms with van der Waals surface area (Å²) in [6, 6.07) is 6.92. The molecule has 0 radical (unpaired) electrons. The van der Waals surface area contributed by atoms with Gasteiger partial charge in [0.2, 0.25) is 17.7 Å². The van der Waals surface area contributed by atoms with Crippen molar-refractivity contribution < 1.29 is 23.9 Å². The molecule has 5 aliphatic rings. The maximum atomic E-state index is 14.2. The van der Waals surface area contributed by atoms with Crippen LogP contribution in [-0.4, -0.2) is 90.7 Å². The van der Waals surface area contributed by atoms with Gasteiger partial charge in [-0.25, -0.2) is 0 Å².